The van der Waals surface area contributed by atoms with Gasteiger partial charge in [0, 0.05) is 12.6 Å². The predicted octanol–water partition coefficient (Wildman–Crippen LogP) is 2.01. The van der Waals surface area contributed by atoms with Gasteiger partial charge < -0.3 is 15.4 Å². The summed E-state index contributed by atoms with van der Waals surface area (Å²) in [4.78, 5) is 12.6. The zero-order valence-corrected chi connectivity index (χ0v) is 16.4. The fourth-order valence-corrected chi connectivity index (χ4v) is 3.85. The summed E-state index contributed by atoms with van der Waals surface area (Å²) >= 11 is 0. The Hall–Kier alpha value is -2.29. The maximum absolute atomic E-state index is 12.6. The molecule has 1 atom stereocenters. The lowest BCUT2D eigenvalue weighted by Gasteiger charge is -2.15. The molecule has 3 N–H and O–H groups in total. The average molecular weight is 412 g/mol. The van der Waals surface area contributed by atoms with Gasteiger partial charge in [0.1, 0.15) is 5.75 Å². The first-order chi connectivity index (χ1) is 12.5. The van der Waals surface area contributed by atoms with Gasteiger partial charge in [-0.1, -0.05) is 12.1 Å². The van der Waals surface area contributed by atoms with Gasteiger partial charge in [-0.3, -0.25) is 9.52 Å². The highest BCUT2D eigenvalue weighted by atomic mass is 35.5. The Kier molecular flexibility index (Phi) is 7.06. The van der Waals surface area contributed by atoms with Crippen LogP contribution in [0.2, 0.25) is 0 Å². The summed E-state index contributed by atoms with van der Waals surface area (Å²) in [6.07, 6.45) is 0.853. The van der Waals surface area contributed by atoms with Gasteiger partial charge >= 0.3 is 0 Å². The molecular weight excluding hydrogens is 390 g/mol. The number of nitrogens with one attached hydrogen (secondary N) is 3. The second-order valence-electron chi connectivity index (χ2n) is 5.99. The van der Waals surface area contributed by atoms with Crippen LogP contribution in [0.3, 0.4) is 0 Å². The van der Waals surface area contributed by atoms with Crippen molar-refractivity contribution in [2.45, 2.75) is 17.4 Å². The molecule has 146 valence electrons. The van der Waals surface area contributed by atoms with E-state index in [4.69, 9.17) is 4.74 Å². The number of rotatable bonds is 6. The van der Waals surface area contributed by atoms with E-state index in [0.29, 0.717) is 12.3 Å². The van der Waals surface area contributed by atoms with Crippen LogP contribution < -0.4 is 20.1 Å². The van der Waals surface area contributed by atoms with Gasteiger partial charge in [0.2, 0.25) is 0 Å². The summed E-state index contributed by atoms with van der Waals surface area (Å²) in [7, 11) is -2.31. The number of sulfonamides is 1. The van der Waals surface area contributed by atoms with Crippen LogP contribution in [0, 0.1) is 0 Å². The highest BCUT2D eigenvalue weighted by molar-refractivity contribution is 7.92. The number of carbonyl (C=O) groups excluding carboxylic acids is 1. The van der Waals surface area contributed by atoms with Gasteiger partial charge in [0.05, 0.1) is 23.3 Å². The third-order valence-electron chi connectivity index (χ3n) is 4.18. The highest BCUT2D eigenvalue weighted by Gasteiger charge is 2.21. The molecule has 0 aromatic heterocycles. The van der Waals surface area contributed by atoms with Gasteiger partial charge in [-0.2, -0.15) is 0 Å². The number of ether oxygens (including phenoxy) is 1. The van der Waals surface area contributed by atoms with Crippen LogP contribution in [0.4, 0.5) is 5.69 Å². The van der Waals surface area contributed by atoms with Crippen molar-refractivity contribution in [3.8, 4) is 5.75 Å². The van der Waals surface area contributed by atoms with E-state index in [1.54, 1.807) is 36.4 Å². The number of carbonyl (C=O) groups is 1. The summed E-state index contributed by atoms with van der Waals surface area (Å²) in [5.74, 6) is 0.264. The first kappa shape index (κ1) is 21.0. The van der Waals surface area contributed by atoms with Crippen LogP contribution in [0.1, 0.15) is 16.8 Å². The molecule has 1 fully saturated rings. The monoisotopic (exact) mass is 411 g/mol. The van der Waals surface area contributed by atoms with Crippen LogP contribution in [0.15, 0.2) is 53.4 Å². The summed E-state index contributed by atoms with van der Waals surface area (Å²) in [6.45, 7) is 1.57. The van der Waals surface area contributed by atoms with Crippen molar-refractivity contribution in [1.82, 2.24) is 10.6 Å². The molecule has 0 spiro atoms. The minimum absolute atomic E-state index is 0. The molecule has 3 rings (SSSR count). The summed E-state index contributed by atoms with van der Waals surface area (Å²) in [5, 5.41) is 6.10. The highest BCUT2D eigenvalue weighted by Crippen LogP contribution is 2.22. The second-order valence-corrected chi connectivity index (χ2v) is 7.67. The van der Waals surface area contributed by atoms with Crippen LogP contribution in [0.5, 0.6) is 5.75 Å². The SMILES string of the molecule is COc1ccc(S(=O)(=O)Nc2ccccc2C(=O)NC2CCNC2)cc1.Cl. The summed E-state index contributed by atoms with van der Waals surface area (Å²) in [6, 6.07) is 12.6. The standard InChI is InChI=1S/C18H21N3O4S.ClH/c1-25-14-6-8-15(9-7-14)26(23,24)21-17-5-3-2-4-16(17)18(22)20-13-10-11-19-12-13;/h2-9,13,19,21H,10-12H2,1H3,(H,20,22);1H. The molecule has 0 radical (unpaired) electrons. The molecule has 2 aromatic rings. The van der Waals surface area contributed by atoms with Crippen molar-refractivity contribution in [3.63, 3.8) is 0 Å². The van der Waals surface area contributed by atoms with Crippen molar-refractivity contribution in [1.29, 1.82) is 0 Å². The van der Waals surface area contributed by atoms with Crippen LogP contribution in [-0.4, -0.2) is 40.6 Å². The molecule has 1 saturated heterocycles. The first-order valence-corrected chi connectivity index (χ1v) is 9.75. The van der Waals surface area contributed by atoms with Crippen molar-refractivity contribution >= 4 is 34.0 Å². The molecule has 0 aliphatic carbocycles. The quantitative estimate of drug-likeness (QED) is 0.675. The number of hydrogen-bond donors (Lipinski definition) is 3. The molecule has 2 aromatic carbocycles. The second kappa shape index (κ2) is 9.07. The zero-order chi connectivity index (χ0) is 18.6. The smallest absolute Gasteiger partial charge is 0.261 e. The number of methoxy groups -OCH3 is 1. The topological polar surface area (TPSA) is 96.5 Å². The van der Waals surface area contributed by atoms with E-state index in [0.717, 1.165) is 13.0 Å². The fourth-order valence-electron chi connectivity index (χ4n) is 2.77. The fraction of sp³-hybridized carbons (Fsp3) is 0.278. The number of benzene rings is 2. The Bertz CT molecular complexity index is 882. The maximum Gasteiger partial charge on any atom is 0.261 e. The van der Waals surface area contributed by atoms with Gasteiger partial charge in [-0.25, -0.2) is 8.42 Å². The summed E-state index contributed by atoms with van der Waals surface area (Å²) in [5.41, 5.74) is 0.531. The molecule has 1 amide bonds. The van der Waals surface area contributed by atoms with Crippen molar-refractivity contribution in [2.24, 2.45) is 0 Å². The number of para-hydroxylation sites is 1. The Morgan fingerprint density at radius 2 is 1.85 bits per heavy atom. The molecule has 9 heteroatoms. The molecule has 7 nitrogen and oxygen atoms in total. The normalized spacial score (nSPS) is 16.3. The van der Waals surface area contributed by atoms with Crippen molar-refractivity contribution in [3.05, 3.63) is 54.1 Å². The minimum Gasteiger partial charge on any atom is -0.497 e. The molecule has 0 bridgehead atoms. The summed E-state index contributed by atoms with van der Waals surface area (Å²) < 4.78 is 32.8. The molecule has 0 saturated carbocycles. The minimum atomic E-state index is -3.82. The average Bonchev–Trinajstić information content (AvgIpc) is 3.15. The van der Waals surface area contributed by atoms with Gasteiger partial charge in [0.15, 0.2) is 0 Å². The van der Waals surface area contributed by atoms with E-state index in [1.807, 2.05) is 0 Å². The number of hydrogen-bond acceptors (Lipinski definition) is 5. The first-order valence-electron chi connectivity index (χ1n) is 8.27. The Morgan fingerprint density at radius 1 is 1.15 bits per heavy atom. The Labute approximate surface area is 165 Å². The lowest BCUT2D eigenvalue weighted by Crippen LogP contribution is -2.36. The molecule has 1 unspecified atom stereocenters. The van der Waals surface area contributed by atoms with Crippen LogP contribution in [-0.2, 0) is 10.0 Å². The molecular formula is C18H22ClN3O4S. The number of anilines is 1. The Balaban J connectivity index is 0.00000261. The number of halogens is 1. The lowest BCUT2D eigenvalue weighted by atomic mass is 10.1. The van der Waals surface area contributed by atoms with Gasteiger partial charge in [0.25, 0.3) is 15.9 Å². The molecule has 1 aliphatic rings. The van der Waals surface area contributed by atoms with Gasteiger partial charge in [-0.15, -0.1) is 12.4 Å². The third kappa shape index (κ3) is 5.12. The van der Waals surface area contributed by atoms with Crippen molar-refractivity contribution in [2.75, 3.05) is 24.9 Å². The molecule has 1 heterocycles. The Morgan fingerprint density at radius 3 is 2.48 bits per heavy atom. The van der Waals surface area contributed by atoms with E-state index >= 15 is 0 Å². The number of amides is 1. The lowest BCUT2D eigenvalue weighted by molar-refractivity contribution is 0.0941. The largest absolute Gasteiger partial charge is 0.497 e. The van der Waals surface area contributed by atoms with E-state index in [2.05, 4.69) is 15.4 Å². The van der Waals surface area contributed by atoms with E-state index in [1.165, 1.54) is 19.2 Å². The van der Waals surface area contributed by atoms with Crippen LogP contribution >= 0.6 is 12.4 Å². The molecule has 1 aliphatic heterocycles. The van der Waals surface area contributed by atoms with Crippen LogP contribution in [0.25, 0.3) is 0 Å². The maximum atomic E-state index is 12.6. The van der Waals surface area contributed by atoms with E-state index < -0.39 is 10.0 Å². The van der Waals surface area contributed by atoms with Gasteiger partial charge in [-0.05, 0) is 49.4 Å². The van der Waals surface area contributed by atoms with E-state index in [-0.39, 0.29) is 40.5 Å². The predicted molar refractivity (Wildman–Crippen MR) is 106 cm³/mol. The van der Waals surface area contributed by atoms with Crippen molar-refractivity contribution < 1.29 is 17.9 Å². The molecule has 27 heavy (non-hydrogen) atoms. The van der Waals surface area contributed by atoms with E-state index in [9.17, 15) is 13.2 Å². The third-order valence-corrected chi connectivity index (χ3v) is 5.56. The zero-order valence-electron chi connectivity index (χ0n) is 14.8.